The molecule has 2 aromatic carbocycles. The van der Waals surface area contributed by atoms with Crippen molar-refractivity contribution in [3.8, 4) is 5.75 Å². The molecule has 24 heavy (non-hydrogen) atoms. The quantitative estimate of drug-likeness (QED) is 0.770. The Kier molecular flexibility index (Phi) is 5.14. The van der Waals surface area contributed by atoms with Gasteiger partial charge in [0.2, 0.25) is 0 Å². The van der Waals surface area contributed by atoms with Crippen LogP contribution in [0.3, 0.4) is 0 Å². The summed E-state index contributed by atoms with van der Waals surface area (Å²) in [5, 5.41) is 16.3. The number of hydrogen-bond donors (Lipinski definition) is 3. The van der Waals surface area contributed by atoms with Gasteiger partial charge in [0, 0.05) is 18.7 Å². The zero-order valence-electron chi connectivity index (χ0n) is 12.7. The number of aliphatic hydroxyl groups is 1. The molecule has 0 fully saturated rings. The standard InChI is InChI=1S/C17H16Cl2N2O3/c18-13-3-2-12(8-14(13)19)21-17(23)20-9-15(22)10-1-4-16-11(7-10)5-6-24-16/h1-4,7-8,15,22H,5-6,9H2,(H2,20,21,23)/t15-/m1/s1. The Morgan fingerprint density at radius 3 is 2.83 bits per heavy atom. The lowest BCUT2D eigenvalue weighted by atomic mass is 10.0. The number of carbonyl (C=O) groups excluding carboxylic acids is 1. The number of fused-ring (bicyclic) bond motifs is 1. The van der Waals surface area contributed by atoms with Gasteiger partial charge >= 0.3 is 6.03 Å². The van der Waals surface area contributed by atoms with Crippen LogP contribution in [-0.4, -0.2) is 24.3 Å². The highest BCUT2D eigenvalue weighted by Gasteiger charge is 2.16. The lowest BCUT2D eigenvalue weighted by Crippen LogP contribution is -2.32. The molecule has 0 spiro atoms. The highest BCUT2D eigenvalue weighted by molar-refractivity contribution is 6.42. The minimum atomic E-state index is -0.796. The maximum atomic E-state index is 11.9. The summed E-state index contributed by atoms with van der Waals surface area (Å²) in [5.41, 5.74) is 2.34. The molecule has 0 saturated carbocycles. The third-order valence-electron chi connectivity index (χ3n) is 3.73. The summed E-state index contributed by atoms with van der Waals surface area (Å²) < 4.78 is 5.43. The molecule has 3 rings (SSSR count). The predicted molar refractivity (Wildman–Crippen MR) is 94.1 cm³/mol. The summed E-state index contributed by atoms with van der Waals surface area (Å²) in [6.45, 7) is 0.756. The Bertz CT molecular complexity index is 767. The largest absolute Gasteiger partial charge is 0.493 e. The van der Waals surface area contributed by atoms with Crippen molar-refractivity contribution in [2.75, 3.05) is 18.5 Å². The minimum Gasteiger partial charge on any atom is -0.493 e. The molecule has 1 heterocycles. The van der Waals surface area contributed by atoms with E-state index in [-0.39, 0.29) is 6.54 Å². The summed E-state index contributed by atoms with van der Waals surface area (Å²) in [4.78, 5) is 11.9. The van der Waals surface area contributed by atoms with Crippen molar-refractivity contribution in [3.05, 3.63) is 57.6 Å². The van der Waals surface area contributed by atoms with E-state index < -0.39 is 12.1 Å². The van der Waals surface area contributed by atoms with Gasteiger partial charge in [-0.15, -0.1) is 0 Å². The number of urea groups is 1. The van der Waals surface area contributed by atoms with Gasteiger partial charge in [-0.1, -0.05) is 29.3 Å². The number of aliphatic hydroxyl groups excluding tert-OH is 1. The Hall–Kier alpha value is -1.95. The molecular weight excluding hydrogens is 351 g/mol. The Labute approximate surface area is 149 Å². The molecule has 126 valence electrons. The van der Waals surface area contributed by atoms with Crippen molar-refractivity contribution >= 4 is 34.9 Å². The second-order valence-electron chi connectivity index (χ2n) is 5.45. The van der Waals surface area contributed by atoms with E-state index in [9.17, 15) is 9.90 Å². The van der Waals surface area contributed by atoms with Gasteiger partial charge in [-0.2, -0.15) is 0 Å². The molecule has 3 N–H and O–H groups in total. The highest BCUT2D eigenvalue weighted by Crippen LogP contribution is 2.28. The monoisotopic (exact) mass is 366 g/mol. The molecule has 5 nitrogen and oxygen atoms in total. The fraction of sp³-hybridized carbons (Fsp3) is 0.235. The average Bonchev–Trinajstić information content (AvgIpc) is 3.03. The van der Waals surface area contributed by atoms with Gasteiger partial charge in [0.25, 0.3) is 0 Å². The van der Waals surface area contributed by atoms with Crippen molar-refractivity contribution in [1.29, 1.82) is 0 Å². The normalized spacial score (nSPS) is 13.8. The van der Waals surface area contributed by atoms with E-state index >= 15 is 0 Å². The molecule has 0 bridgehead atoms. The second kappa shape index (κ2) is 7.30. The van der Waals surface area contributed by atoms with E-state index in [0.717, 1.165) is 23.3 Å². The molecule has 7 heteroatoms. The highest BCUT2D eigenvalue weighted by atomic mass is 35.5. The SMILES string of the molecule is O=C(NC[C@@H](O)c1ccc2c(c1)CCO2)Nc1ccc(Cl)c(Cl)c1. The van der Waals surface area contributed by atoms with Gasteiger partial charge in [-0.25, -0.2) is 4.79 Å². The van der Waals surface area contributed by atoms with Crippen molar-refractivity contribution < 1.29 is 14.6 Å². The van der Waals surface area contributed by atoms with Crippen molar-refractivity contribution in [1.82, 2.24) is 5.32 Å². The molecule has 1 aliphatic heterocycles. The number of nitrogens with one attached hydrogen (secondary N) is 2. The first-order valence-corrected chi connectivity index (χ1v) is 8.22. The summed E-state index contributed by atoms with van der Waals surface area (Å²) >= 11 is 11.7. The number of amides is 2. The number of anilines is 1. The Morgan fingerprint density at radius 1 is 1.21 bits per heavy atom. The zero-order valence-corrected chi connectivity index (χ0v) is 14.2. The summed E-state index contributed by atoms with van der Waals surface area (Å²) in [7, 11) is 0. The first-order chi connectivity index (χ1) is 11.5. The van der Waals surface area contributed by atoms with Crippen LogP contribution in [0.25, 0.3) is 0 Å². The first-order valence-electron chi connectivity index (χ1n) is 7.46. The van der Waals surface area contributed by atoms with Crippen molar-refractivity contribution in [2.24, 2.45) is 0 Å². The van der Waals surface area contributed by atoms with Crippen LogP contribution in [0, 0.1) is 0 Å². The zero-order chi connectivity index (χ0) is 17.1. The number of carbonyl (C=O) groups is 1. The van der Waals surface area contributed by atoms with Crippen LogP contribution in [0.4, 0.5) is 10.5 Å². The Balaban J connectivity index is 1.54. The first kappa shape index (κ1) is 16.9. The molecule has 0 aromatic heterocycles. The number of rotatable bonds is 4. The molecule has 2 aromatic rings. The van der Waals surface area contributed by atoms with E-state index in [1.807, 2.05) is 12.1 Å². The molecule has 1 aliphatic rings. The van der Waals surface area contributed by atoms with Crippen molar-refractivity contribution in [3.63, 3.8) is 0 Å². The lowest BCUT2D eigenvalue weighted by molar-refractivity contribution is 0.175. The van der Waals surface area contributed by atoms with Crippen LogP contribution in [0.1, 0.15) is 17.2 Å². The predicted octanol–water partition coefficient (Wildman–Crippen LogP) is 3.78. The van der Waals surface area contributed by atoms with Crippen LogP contribution < -0.4 is 15.4 Å². The third kappa shape index (κ3) is 3.93. The molecule has 0 unspecified atom stereocenters. The van der Waals surface area contributed by atoms with E-state index in [1.54, 1.807) is 24.3 Å². The summed E-state index contributed by atoms with van der Waals surface area (Å²) in [5.74, 6) is 0.858. The fourth-order valence-electron chi connectivity index (χ4n) is 2.47. The molecule has 0 aliphatic carbocycles. The minimum absolute atomic E-state index is 0.0901. The van der Waals surface area contributed by atoms with E-state index in [0.29, 0.717) is 22.3 Å². The second-order valence-corrected chi connectivity index (χ2v) is 6.26. The summed E-state index contributed by atoms with van der Waals surface area (Å²) in [6.07, 6.45) is 0.0386. The van der Waals surface area contributed by atoms with E-state index in [4.69, 9.17) is 27.9 Å². The maximum Gasteiger partial charge on any atom is 0.319 e. The van der Waals surface area contributed by atoms with Crippen LogP contribution in [-0.2, 0) is 6.42 Å². The van der Waals surface area contributed by atoms with Gasteiger partial charge < -0.3 is 20.5 Å². The molecule has 2 amide bonds. The number of halogens is 2. The van der Waals surface area contributed by atoms with Crippen LogP contribution in [0.5, 0.6) is 5.75 Å². The van der Waals surface area contributed by atoms with Crippen molar-refractivity contribution in [2.45, 2.75) is 12.5 Å². The van der Waals surface area contributed by atoms with Gasteiger partial charge in [0.1, 0.15) is 5.75 Å². The third-order valence-corrected chi connectivity index (χ3v) is 4.47. The maximum absolute atomic E-state index is 11.9. The number of hydrogen-bond acceptors (Lipinski definition) is 3. The van der Waals surface area contributed by atoms with Gasteiger partial charge in [-0.05, 0) is 41.5 Å². The topological polar surface area (TPSA) is 70.6 Å². The molecule has 0 radical (unpaired) electrons. The van der Waals surface area contributed by atoms with Crippen LogP contribution in [0.2, 0.25) is 10.0 Å². The molecular formula is C17H16Cl2N2O3. The van der Waals surface area contributed by atoms with Gasteiger partial charge in [0.15, 0.2) is 0 Å². The smallest absolute Gasteiger partial charge is 0.319 e. The van der Waals surface area contributed by atoms with Crippen LogP contribution in [0.15, 0.2) is 36.4 Å². The molecule has 1 atom stereocenters. The fourth-order valence-corrected chi connectivity index (χ4v) is 2.77. The van der Waals surface area contributed by atoms with Gasteiger partial charge in [0.05, 0.1) is 22.8 Å². The lowest BCUT2D eigenvalue weighted by Gasteiger charge is -2.14. The Morgan fingerprint density at radius 2 is 2.04 bits per heavy atom. The number of benzene rings is 2. The number of ether oxygens (including phenoxy) is 1. The van der Waals surface area contributed by atoms with E-state index in [1.165, 1.54) is 0 Å². The molecule has 0 saturated heterocycles. The average molecular weight is 367 g/mol. The van der Waals surface area contributed by atoms with Crippen LogP contribution >= 0.6 is 23.2 Å². The van der Waals surface area contributed by atoms with E-state index in [2.05, 4.69) is 10.6 Å². The van der Waals surface area contributed by atoms with Gasteiger partial charge in [-0.3, -0.25) is 0 Å². The summed E-state index contributed by atoms with van der Waals surface area (Å²) in [6, 6.07) is 9.92.